The quantitative estimate of drug-likeness (QED) is 0.546. The number of rotatable bonds is 6. The van der Waals surface area contributed by atoms with E-state index in [9.17, 15) is 4.39 Å². The topological polar surface area (TPSA) is 30.7 Å². The van der Waals surface area contributed by atoms with E-state index >= 15 is 0 Å². The van der Waals surface area contributed by atoms with Crippen molar-refractivity contribution in [2.24, 2.45) is 0 Å². The van der Waals surface area contributed by atoms with Gasteiger partial charge in [0.2, 0.25) is 0 Å². The molecule has 25 heavy (non-hydrogen) atoms. The van der Waals surface area contributed by atoms with Gasteiger partial charge in [0.05, 0.1) is 0 Å². The zero-order chi connectivity index (χ0) is 17.8. The fourth-order valence-electron chi connectivity index (χ4n) is 2.67. The van der Waals surface area contributed by atoms with Crippen LogP contribution in [0.15, 0.2) is 53.7 Å². The predicted molar refractivity (Wildman–Crippen MR) is 101 cm³/mol. The molecule has 0 aliphatic carbocycles. The molecule has 0 fully saturated rings. The van der Waals surface area contributed by atoms with E-state index in [1.165, 1.54) is 23.4 Å². The number of hydrogen-bond acceptors (Lipinski definition) is 3. The maximum atomic E-state index is 13.8. The monoisotopic (exact) mass is 355 g/mol. The molecule has 0 unspecified atom stereocenters. The molecule has 0 aliphatic rings. The van der Waals surface area contributed by atoms with E-state index in [0.29, 0.717) is 17.2 Å². The molecule has 130 valence electrons. The van der Waals surface area contributed by atoms with Crippen molar-refractivity contribution < 1.29 is 4.39 Å². The maximum Gasteiger partial charge on any atom is 0.191 e. The molecule has 1 aromatic heterocycles. The zero-order valence-corrected chi connectivity index (χ0v) is 15.6. The number of benzene rings is 2. The van der Waals surface area contributed by atoms with E-state index in [0.717, 1.165) is 23.1 Å². The molecule has 0 bridgehead atoms. The first kappa shape index (κ1) is 17.7. The second-order valence-corrected chi connectivity index (χ2v) is 7.15. The standard InChI is InChI=1S/C20H22FN3S/c1-4-24-19(16-11-9-15(10-12-16)14(2)3)22-23-20(24)25-13-17-7-5-6-8-18(17)21/h5-12,14H,4,13H2,1-3H3. The highest BCUT2D eigenvalue weighted by Crippen LogP contribution is 2.28. The SMILES string of the molecule is CCn1c(SCc2ccccc2F)nnc1-c1ccc(C(C)C)cc1. The molecule has 2 aromatic carbocycles. The van der Waals surface area contributed by atoms with Crippen molar-refractivity contribution in [3.63, 3.8) is 0 Å². The highest BCUT2D eigenvalue weighted by atomic mass is 32.2. The molecule has 5 heteroatoms. The molecule has 0 spiro atoms. The molecular weight excluding hydrogens is 333 g/mol. The van der Waals surface area contributed by atoms with Gasteiger partial charge in [-0.2, -0.15) is 0 Å². The second kappa shape index (κ2) is 7.83. The second-order valence-electron chi connectivity index (χ2n) is 6.21. The van der Waals surface area contributed by atoms with Crippen molar-refractivity contribution in [1.29, 1.82) is 0 Å². The molecule has 0 amide bonds. The minimum absolute atomic E-state index is 0.179. The highest BCUT2D eigenvalue weighted by Gasteiger charge is 2.14. The van der Waals surface area contributed by atoms with E-state index in [1.54, 1.807) is 12.1 Å². The van der Waals surface area contributed by atoms with Crippen LogP contribution >= 0.6 is 11.8 Å². The zero-order valence-electron chi connectivity index (χ0n) is 14.7. The smallest absolute Gasteiger partial charge is 0.191 e. The first-order valence-corrected chi connectivity index (χ1v) is 9.48. The Hall–Kier alpha value is -2.14. The Morgan fingerprint density at radius 1 is 1.04 bits per heavy atom. The molecule has 0 N–H and O–H groups in total. The molecule has 1 heterocycles. The Labute approximate surface area is 152 Å². The van der Waals surface area contributed by atoms with Gasteiger partial charge in [0.1, 0.15) is 5.82 Å². The molecule has 3 rings (SSSR count). The van der Waals surface area contributed by atoms with Crippen molar-refractivity contribution >= 4 is 11.8 Å². The maximum absolute atomic E-state index is 13.8. The number of thioether (sulfide) groups is 1. The molecule has 0 atom stereocenters. The molecule has 0 saturated heterocycles. The van der Waals surface area contributed by atoms with Gasteiger partial charge in [-0.15, -0.1) is 10.2 Å². The third-order valence-electron chi connectivity index (χ3n) is 4.18. The minimum Gasteiger partial charge on any atom is -0.302 e. The molecule has 0 aliphatic heterocycles. The number of halogens is 1. The summed E-state index contributed by atoms with van der Waals surface area (Å²) in [5.41, 5.74) is 3.04. The van der Waals surface area contributed by atoms with Crippen LogP contribution in [0.3, 0.4) is 0 Å². The van der Waals surface area contributed by atoms with Crippen LogP contribution in [0.4, 0.5) is 4.39 Å². The van der Waals surface area contributed by atoms with E-state index in [1.807, 2.05) is 6.07 Å². The van der Waals surface area contributed by atoms with Crippen LogP contribution in [0.5, 0.6) is 0 Å². The Kier molecular flexibility index (Phi) is 5.53. The van der Waals surface area contributed by atoms with E-state index in [4.69, 9.17) is 0 Å². The van der Waals surface area contributed by atoms with E-state index < -0.39 is 0 Å². The molecular formula is C20H22FN3S. The average molecular weight is 355 g/mol. The lowest BCUT2D eigenvalue weighted by Gasteiger charge is -2.09. The lowest BCUT2D eigenvalue weighted by atomic mass is 10.0. The summed E-state index contributed by atoms with van der Waals surface area (Å²) in [6.07, 6.45) is 0. The normalized spacial score (nSPS) is 11.2. The highest BCUT2D eigenvalue weighted by molar-refractivity contribution is 7.98. The van der Waals surface area contributed by atoms with E-state index in [-0.39, 0.29) is 5.82 Å². The first-order chi connectivity index (χ1) is 12.1. The summed E-state index contributed by atoms with van der Waals surface area (Å²) < 4.78 is 15.9. The molecule has 3 nitrogen and oxygen atoms in total. The van der Waals surface area contributed by atoms with Gasteiger partial charge < -0.3 is 4.57 Å². The third-order valence-corrected chi connectivity index (χ3v) is 5.20. The van der Waals surface area contributed by atoms with Crippen molar-refractivity contribution in [2.75, 3.05) is 0 Å². The van der Waals surface area contributed by atoms with Crippen LogP contribution in [0, 0.1) is 5.82 Å². The summed E-state index contributed by atoms with van der Waals surface area (Å²) >= 11 is 1.51. The van der Waals surface area contributed by atoms with Gasteiger partial charge in [-0.05, 0) is 30.0 Å². The Bertz CT molecular complexity index is 840. The fourth-order valence-corrected chi connectivity index (χ4v) is 3.66. The van der Waals surface area contributed by atoms with Gasteiger partial charge in [0.25, 0.3) is 0 Å². The third kappa shape index (κ3) is 3.93. The van der Waals surface area contributed by atoms with Crippen molar-refractivity contribution in [3.05, 3.63) is 65.5 Å². The van der Waals surface area contributed by atoms with Gasteiger partial charge in [-0.1, -0.05) is 68.1 Å². The summed E-state index contributed by atoms with van der Waals surface area (Å²) in [6, 6.07) is 15.3. The van der Waals surface area contributed by atoms with E-state index in [2.05, 4.69) is 59.8 Å². The van der Waals surface area contributed by atoms with Crippen LogP contribution in [-0.2, 0) is 12.3 Å². The van der Waals surface area contributed by atoms with Crippen molar-refractivity contribution in [1.82, 2.24) is 14.8 Å². The van der Waals surface area contributed by atoms with Crippen LogP contribution in [0.2, 0.25) is 0 Å². The van der Waals surface area contributed by atoms with Crippen LogP contribution < -0.4 is 0 Å². The fraction of sp³-hybridized carbons (Fsp3) is 0.300. The van der Waals surface area contributed by atoms with Crippen LogP contribution in [0.25, 0.3) is 11.4 Å². The summed E-state index contributed by atoms with van der Waals surface area (Å²) in [5.74, 6) is 1.72. The summed E-state index contributed by atoms with van der Waals surface area (Å²) in [6.45, 7) is 7.21. The van der Waals surface area contributed by atoms with Gasteiger partial charge in [-0.25, -0.2) is 4.39 Å². The summed E-state index contributed by atoms with van der Waals surface area (Å²) in [5, 5.41) is 9.50. The van der Waals surface area contributed by atoms with Gasteiger partial charge in [0, 0.05) is 17.9 Å². The van der Waals surface area contributed by atoms with Gasteiger partial charge in [0.15, 0.2) is 11.0 Å². The summed E-state index contributed by atoms with van der Waals surface area (Å²) in [4.78, 5) is 0. The molecule has 0 saturated carbocycles. The van der Waals surface area contributed by atoms with Crippen molar-refractivity contribution in [2.45, 2.75) is 44.1 Å². The van der Waals surface area contributed by atoms with Crippen LogP contribution in [0.1, 0.15) is 37.8 Å². The number of hydrogen-bond donors (Lipinski definition) is 0. The van der Waals surface area contributed by atoms with Crippen molar-refractivity contribution in [3.8, 4) is 11.4 Å². The minimum atomic E-state index is -0.179. The van der Waals surface area contributed by atoms with Gasteiger partial charge in [-0.3, -0.25) is 0 Å². The summed E-state index contributed by atoms with van der Waals surface area (Å²) in [7, 11) is 0. The molecule has 3 aromatic rings. The lowest BCUT2D eigenvalue weighted by Crippen LogP contribution is -2.00. The lowest BCUT2D eigenvalue weighted by molar-refractivity contribution is 0.617. The Balaban J connectivity index is 1.82. The Morgan fingerprint density at radius 2 is 1.76 bits per heavy atom. The Morgan fingerprint density at radius 3 is 2.40 bits per heavy atom. The first-order valence-electron chi connectivity index (χ1n) is 8.50. The number of aromatic nitrogens is 3. The average Bonchev–Trinajstić information content (AvgIpc) is 3.04. The largest absolute Gasteiger partial charge is 0.302 e. The van der Waals surface area contributed by atoms with Crippen LogP contribution in [-0.4, -0.2) is 14.8 Å². The number of nitrogens with zero attached hydrogens (tertiary/aromatic N) is 3. The van der Waals surface area contributed by atoms with Gasteiger partial charge >= 0.3 is 0 Å². The molecule has 0 radical (unpaired) electrons. The predicted octanol–water partition coefficient (Wildman–Crippen LogP) is 5.52.